The fourth-order valence-corrected chi connectivity index (χ4v) is 3.49. The van der Waals surface area contributed by atoms with Crippen LogP contribution in [0.4, 0.5) is 5.82 Å². The monoisotopic (exact) mass is 358 g/mol. The maximum Gasteiger partial charge on any atom is 0.255 e. The number of hydrogen-bond acceptors (Lipinski definition) is 5. The number of nitrogens with two attached hydrogens (primary N) is 1. The summed E-state index contributed by atoms with van der Waals surface area (Å²) < 4.78 is 2.08. The van der Waals surface area contributed by atoms with Crippen molar-refractivity contribution in [3.8, 4) is 0 Å². The number of primary amides is 1. The molecule has 1 aromatic rings. The molecule has 1 unspecified atom stereocenters. The Morgan fingerprint density at radius 3 is 2.90 bits per heavy atom. The highest BCUT2D eigenvalue weighted by atomic mass is 79.9. The lowest BCUT2D eigenvalue weighted by Gasteiger charge is -2.26. The molecule has 3 radical (unpaired) electrons. The number of anilines is 1. The van der Waals surface area contributed by atoms with Crippen LogP contribution in [0.25, 0.3) is 0 Å². The van der Waals surface area contributed by atoms with Crippen LogP contribution in [-0.4, -0.2) is 56.8 Å². The van der Waals surface area contributed by atoms with Gasteiger partial charge in [-0.1, -0.05) is 0 Å². The van der Waals surface area contributed by atoms with Gasteiger partial charge < -0.3 is 21.5 Å². The van der Waals surface area contributed by atoms with E-state index in [0.29, 0.717) is 29.0 Å². The quantitative estimate of drug-likeness (QED) is 0.535. The van der Waals surface area contributed by atoms with Crippen LogP contribution in [0.5, 0.6) is 0 Å². The van der Waals surface area contributed by atoms with Gasteiger partial charge in [0, 0.05) is 19.6 Å². The van der Waals surface area contributed by atoms with Crippen LogP contribution < -0.4 is 16.4 Å². The maximum atomic E-state index is 11.5. The van der Waals surface area contributed by atoms with Gasteiger partial charge in [0.05, 0.1) is 21.5 Å². The molecular formula is C11H17BrN5O2Si. The molecule has 0 saturated carbocycles. The fourth-order valence-electron chi connectivity index (χ4n) is 2.46. The smallest absolute Gasteiger partial charge is 0.255 e. The number of rotatable bonds is 4. The van der Waals surface area contributed by atoms with Crippen LogP contribution in [0.15, 0.2) is 4.60 Å². The number of hydrogen-bond donors (Lipinski definition) is 4. The first-order valence-corrected chi connectivity index (χ1v) is 7.52. The third kappa shape index (κ3) is 2.50. The first-order valence-electron chi connectivity index (χ1n) is 6.23. The van der Waals surface area contributed by atoms with E-state index in [1.807, 2.05) is 0 Å². The lowest BCUT2D eigenvalue weighted by molar-refractivity contribution is 0.1000. The molecule has 0 aromatic carbocycles. The molecule has 1 aromatic heterocycles. The third-order valence-electron chi connectivity index (χ3n) is 3.53. The summed E-state index contributed by atoms with van der Waals surface area (Å²) in [5, 5.41) is 19.7. The zero-order valence-electron chi connectivity index (χ0n) is 11.3. The molecule has 0 aliphatic carbocycles. The standard InChI is InChI=1S/C11H17BrN5O2Si/c1-5(18)6-3-11(20,4-15-6)17-10(14-2)7(9(13)19)8(12)16-17/h5-6,14-15,18H,3-4H2,1-2H3,(H2,13,19)/t5?,6-,11-/m1/s1. The van der Waals surface area contributed by atoms with Crippen LogP contribution in [0.2, 0.25) is 0 Å². The number of aromatic nitrogens is 2. The molecule has 0 bridgehead atoms. The molecule has 7 nitrogen and oxygen atoms in total. The van der Waals surface area contributed by atoms with Gasteiger partial charge in [0.15, 0.2) is 0 Å². The number of carbonyl (C=O) groups excluding carboxylic acids is 1. The van der Waals surface area contributed by atoms with Crippen molar-refractivity contribution in [2.45, 2.75) is 30.7 Å². The number of amides is 1. The number of aliphatic hydroxyl groups is 1. The highest BCUT2D eigenvalue weighted by Crippen LogP contribution is 2.33. The molecule has 5 N–H and O–H groups in total. The topological polar surface area (TPSA) is 105 Å². The second-order valence-electron chi connectivity index (χ2n) is 5.00. The van der Waals surface area contributed by atoms with Crippen LogP contribution in [-0.2, 0) is 5.16 Å². The van der Waals surface area contributed by atoms with E-state index in [4.69, 9.17) is 5.73 Å². The predicted molar refractivity (Wildman–Crippen MR) is 79.8 cm³/mol. The van der Waals surface area contributed by atoms with Crippen molar-refractivity contribution in [2.75, 3.05) is 18.9 Å². The van der Waals surface area contributed by atoms with E-state index in [9.17, 15) is 9.90 Å². The number of carbonyl (C=O) groups is 1. The Bertz CT molecular complexity index is 535. The summed E-state index contributed by atoms with van der Waals surface area (Å²) in [7, 11) is 5.43. The van der Waals surface area contributed by atoms with E-state index in [2.05, 4.69) is 41.9 Å². The van der Waals surface area contributed by atoms with Gasteiger partial charge >= 0.3 is 0 Å². The molecule has 1 aliphatic heterocycles. The third-order valence-corrected chi connectivity index (χ3v) is 4.68. The summed E-state index contributed by atoms with van der Waals surface area (Å²) in [6.07, 6.45) is 0.156. The van der Waals surface area contributed by atoms with Gasteiger partial charge in [-0.05, 0) is 29.3 Å². The summed E-state index contributed by atoms with van der Waals surface area (Å²) >= 11 is 3.26. The summed E-state index contributed by atoms with van der Waals surface area (Å²) in [6.45, 7) is 2.31. The first kappa shape index (κ1) is 15.5. The van der Waals surface area contributed by atoms with Crippen LogP contribution >= 0.6 is 15.9 Å². The molecule has 109 valence electrons. The molecule has 1 fully saturated rings. The summed E-state index contributed by atoms with van der Waals surface area (Å²) in [5.74, 6) is -0.0202. The van der Waals surface area contributed by atoms with Crippen molar-refractivity contribution in [3.63, 3.8) is 0 Å². The maximum absolute atomic E-state index is 11.5. The van der Waals surface area contributed by atoms with Gasteiger partial charge in [0.1, 0.15) is 16.0 Å². The van der Waals surface area contributed by atoms with E-state index in [0.717, 1.165) is 0 Å². The van der Waals surface area contributed by atoms with Crippen LogP contribution in [0.1, 0.15) is 23.7 Å². The van der Waals surface area contributed by atoms with Gasteiger partial charge in [-0.25, -0.2) is 4.68 Å². The molecule has 3 atom stereocenters. The Kier molecular flexibility index (Phi) is 4.24. The van der Waals surface area contributed by atoms with Crippen molar-refractivity contribution in [2.24, 2.45) is 5.73 Å². The van der Waals surface area contributed by atoms with E-state index in [1.54, 1.807) is 18.7 Å². The number of halogens is 1. The Labute approximate surface area is 128 Å². The van der Waals surface area contributed by atoms with E-state index >= 15 is 0 Å². The average molecular weight is 359 g/mol. The van der Waals surface area contributed by atoms with E-state index in [-0.39, 0.29) is 6.04 Å². The minimum Gasteiger partial charge on any atom is -0.392 e. The Morgan fingerprint density at radius 1 is 1.80 bits per heavy atom. The normalized spacial score (nSPS) is 27.6. The zero-order chi connectivity index (χ0) is 15.1. The summed E-state index contributed by atoms with van der Waals surface area (Å²) in [4.78, 5) is 11.5. The molecule has 20 heavy (non-hydrogen) atoms. The van der Waals surface area contributed by atoms with Crippen LogP contribution in [0.3, 0.4) is 0 Å². The lowest BCUT2D eigenvalue weighted by atomic mass is 10.1. The minimum atomic E-state index is -0.555. The second kappa shape index (κ2) is 5.47. The minimum absolute atomic E-state index is 0.0443. The first-order chi connectivity index (χ1) is 9.30. The largest absolute Gasteiger partial charge is 0.392 e. The number of nitrogens with one attached hydrogen (secondary N) is 2. The fraction of sp³-hybridized carbons (Fsp3) is 0.636. The van der Waals surface area contributed by atoms with Gasteiger partial charge in [0.2, 0.25) is 0 Å². The molecule has 0 spiro atoms. The number of nitrogens with zero attached hydrogens (tertiary/aromatic N) is 2. The van der Waals surface area contributed by atoms with Crippen molar-refractivity contribution >= 4 is 37.9 Å². The molecule has 1 aliphatic rings. The molecular weight excluding hydrogens is 342 g/mol. The Morgan fingerprint density at radius 2 is 2.45 bits per heavy atom. The average Bonchev–Trinajstić information content (AvgIpc) is 2.91. The van der Waals surface area contributed by atoms with E-state index < -0.39 is 17.2 Å². The lowest BCUT2D eigenvalue weighted by Crippen LogP contribution is -2.38. The van der Waals surface area contributed by atoms with Gasteiger partial charge in [-0.15, -0.1) is 0 Å². The van der Waals surface area contributed by atoms with Crippen molar-refractivity contribution in [3.05, 3.63) is 10.2 Å². The molecule has 2 rings (SSSR count). The molecule has 2 heterocycles. The highest BCUT2D eigenvalue weighted by Gasteiger charge is 2.41. The van der Waals surface area contributed by atoms with Crippen molar-refractivity contribution in [1.82, 2.24) is 15.1 Å². The Balaban J connectivity index is 2.43. The van der Waals surface area contributed by atoms with Crippen molar-refractivity contribution < 1.29 is 9.90 Å². The van der Waals surface area contributed by atoms with Gasteiger partial charge in [-0.3, -0.25) is 4.79 Å². The highest BCUT2D eigenvalue weighted by molar-refractivity contribution is 9.10. The van der Waals surface area contributed by atoms with Gasteiger partial charge in [-0.2, -0.15) is 5.10 Å². The molecule has 1 saturated heterocycles. The van der Waals surface area contributed by atoms with Crippen molar-refractivity contribution in [1.29, 1.82) is 0 Å². The number of aliphatic hydroxyl groups excluding tert-OH is 1. The predicted octanol–water partition coefficient (Wildman–Crippen LogP) is -0.650. The van der Waals surface area contributed by atoms with Gasteiger partial charge in [0.25, 0.3) is 5.91 Å². The SMILES string of the molecule is CNc1c(C(N)=O)c(Br)nn1[C@]1([Si])CN[C@@H](C(C)O)C1. The van der Waals surface area contributed by atoms with E-state index in [1.165, 1.54) is 0 Å². The zero-order valence-corrected chi connectivity index (χ0v) is 13.9. The second-order valence-corrected chi connectivity index (χ2v) is 6.69. The molecule has 9 heteroatoms. The summed E-state index contributed by atoms with van der Waals surface area (Å²) in [6, 6.07) is -0.0443. The Hall–Kier alpha value is -0.903. The summed E-state index contributed by atoms with van der Waals surface area (Å²) in [5.41, 5.74) is 5.70. The molecule has 1 amide bonds. The van der Waals surface area contributed by atoms with Crippen LogP contribution in [0, 0.1) is 0 Å².